The minimum absolute atomic E-state index is 0.239. The van der Waals surface area contributed by atoms with E-state index in [9.17, 15) is 18.5 Å². The highest BCUT2D eigenvalue weighted by Crippen LogP contribution is 2.27. The number of hydrogen-bond acceptors (Lipinski definition) is 5. The predicted octanol–water partition coefficient (Wildman–Crippen LogP) is 1.39. The maximum atomic E-state index is 12.3. The summed E-state index contributed by atoms with van der Waals surface area (Å²) < 4.78 is 27.5. The number of halogens is 1. The highest BCUT2D eigenvalue weighted by atomic mass is 79.9. The first-order chi connectivity index (χ1) is 9.40. The molecule has 1 saturated heterocycles. The number of piperidine rings is 1. The summed E-state index contributed by atoms with van der Waals surface area (Å²) in [4.78, 5) is 9.99. The largest absolute Gasteiger partial charge is 0.315 e. The van der Waals surface area contributed by atoms with Gasteiger partial charge in [-0.3, -0.25) is 10.1 Å². The number of benzene rings is 1. The normalized spacial score (nSPS) is 19.8. The van der Waals surface area contributed by atoms with Crippen LogP contribution < -0.4 is 10.0 Å². The molecule has 1 aliphatic heterocycles. The van der Waals surface area contributed by atoms with Gasteiger partial charge in [-0.25, -0.2) is 13.1 Å². The van der Waals surface area contributed by atoms with Gasteiger partial charge >= 0.3 is 0 Å². The van der Waals surface area contributed by atoms with Gasteiger partial charge in [0.05, 0.1) is 4.92 Å². The molecule has 1 fully saturated rings. The van der Waals surface area contributed by atoms with Crippen LogP contribution in [0.15, 0.2) is 27.6 Å². The molecule has 1 aromatic carbocycles. The van der Waals surface area contributed by atoms with Crippen molar-refractivity contribution in [3.8, 4) is 0 Å². The molecule has 1 atom stereocenters. The average molecular weight is 364 g/mol. The lowest BCUT2D eigenvalue weighted by molar-refractivity contribution is -0.387. The lowest BCUT2D eigenvalue weighted by Gasteiger charge is -2.23. The van der Waals surface area contributed by atoms with E-state index in [1.165, 1.54) is 18.2 Å². The molecule has 9 heteroatoms. The molecule has 0 aromatic heterocycles. The molecule has 1 aromatic rings. The molecular formula is C11H14BrN3O4S. The summed E-state index contributed by atoms with van der Waals surface area (Å²) in [6.07, 6.45) is 1.59. The topological polar surface area (TPSA) is 101 Å². The van der Waals surface area contributed by atoms with E-state index in [-0.39, 0.29) is 10.9 Å². The van der Waals surface area contributed by atoms with Gasteiger partial charge in [-0.05, 0) is 31.5 Å². The quantitative estimate of drug-likeness (QED) is 0.621. The van der Waals surface area contributed by atoms with Crippen molar-refractivity contribution in [3.05, 3.63) is 32.8 Å². The third-order valence-electron chi connectivity index (χ3n) is 3.03. The SMILES string of the molecule is O=[N+]([O-])c1cc(Br)ccc1S(=O)(=O)NC1CCCNC1. The maximum absolute atomic E-state index is 12.3. The van der Waals surface area contributed by atoms with E-state index in [0.29, 0.717) is 11.0 Å². The van der Waals surface area contributed by atoms with Crippen LogP contribution in [0.25, 0.3) is 0 Å². The van der Waals surface area contributed by atoms with Crippen molar-refractivity contribution in [2.45, 2.75) is 23.8 Å². The summed E-state index contributed by atoms with van der Waals surface area (Å²) in [7, 11) is -3.90. The third kappa shape index (κ3) is 3.54. The second-order valence-electron chi connectivity index (χ2n) is 4.53. The van der Waals surface area contributed by atoms with Crippen molar-refractivity contribution in [1.29, 1.82) is 0 Å². The molecule has 1 aliphatic rings. The molecule has 7 nitrogen and oxygen atoms in total. The first-order valence-corrected chi connectivity index (χ1v) is 8.35. The van der Waals surface area contributed by atoms with Crippen LogP contribution >= 0.6 is 15.9 Å². The molecule has 0 radical (unpaired) electrons. The first-order valence-electron chi connectivity index (χ1n) is 6.07. The van der Waals surface area contributed by atoms with Gasteiger partial charge in [-0.1, -0.05) is 15.9 Å². The summed E-state index contributed by atoms with van der Waals surface area (Å²) in [6, 6.07) is 3.66. The van der Waals surface area contributed by atoms with Crippen LogP contribution in [0.1, 0.15) is 12.8 Å². The van der Waals surface area contributed by atoms with Crippen molar-refractivity contribution in [1.82, 2.24) is 10.0 Å². The smallest absolute Gasteiger partial charge is 0.290 e. The number of rotatable bonds is 4. The van der Waals surface area contributed by atoms with Gasteiger partial charge in [0, 0.05) is 23.1 Å². The highest BCUT2D eigenvalue weighted by Gasteiger charge is 2.28. The van der Waals surface area contributed by atoms with Crippen molar-refractivity contribution < 1.29 is 13.3 Å². The predicted molar refractivity (Wildman–Crippen MR) is 77.0 cm³/mol. The third-order valence-corrected chi connectivity index (χ3v) is 5.09. The average Bonchev–Trinajstić information content (AvgIpc) is 2.38. The molecule has 0 saturated carbocycles. The van der Waals surface area contributed by atoms with Crippen molar-refractivity contribution >= 4 is 31.6 Å². The number of nitro groups is 1. The minimum Gasteiger partial charge on any atom is -0.315 e. The molecule has 0 amide bonds. The Morgan fingerprint density at radius 2 is 2.20 bits per heavy atom. The van der Waals surface area contributed by atoms with E-state index >= 15 is 0 Å². The Balaban J connectivity index is 2.31. The van der Waals surface area contributed by atoms with Gasteiger partial charge in [0.1, 0.15) is 0 Å². The van der Waals surface area contributed by atoms with E-state index in [0.717, 1.165) is 19.4 Å². The van der Waals surface area contributed by atoms with E-state index in [1.807, 2.05) is 0 Å². The van der Waals surface area contributed by atoms with Gasteiger partial charge in [0.25, 0.3) is 5.69 Å². The summed E-state index contributed by atoms with van der Waals surface area (Å²) in [6.45, 7) is 1.39. The number of hydrogen-bond donors (Lipinski definition) is 2. The molecule has 2 N–H and O–H groups in total. The second-order valence-corrected chi connectivity index (χ2v) is 7.13. The lowest BCUT2D eigenvalue weighted by atomic mass is 10.1. The Morgan fingerprint density at radius 1 is 1.45 bits per heavy atom. The van der Waals surface area contributed by atoms with Crippen LogP contribution in [-0.4, -0.2) is 32.5 Å². The summed E-state index contributed by atoms with van der Waals surface area (Å²) in [5, 5.41) is 14.1. The van der Waals surface area contributed by atoms with Crippen molar-refractivity contribution in [2.24, 2.45) is 0 Å². The zero-order chi connectivity index (χ0) is 14.8. The Morgan fingerprint density at radius 3 is 2.80 bits per heavy atom. The summed E-state index contributed by atoms with van der Waals surface area (Å²) >= 11 is 3.10. The van der Waals surface area contributed by atoms with Gasteiger partial charge in [-0.15, -0.1) is 0 Å². The van der Waals surface area contributed by atoms with Crippen LogP contribution in [0.4, 0.5) is 5.69 Å². The number of nitro benzene ring substituents is 1. The Bertz CT molecular complexity index is 614. The highest BCUT2D eigenvalue weighted by molar-refractivity contribution is 9.10. The Labute approximate surface area is 125 Å². The second kappa shape index (κ2) is 6.17. The molecule has 1 unspecified atom stereocenters. The fraction of sp³-hybridized carbons (Fsp3) is 0.455. The van der Waals surface area contributed by atoms with Crippen LogP contribution in [0.3, 0.4) is 0 Å². The zero-order valence-electron chi connectivity index (χ0n) is 10.5. The molecule has 0 spiro atoms. The number of nitrogens with zero attached hydrogens (tertiary/aromatic N) is 1. The summed E-state index contributed by atoms with van der Waals surface area (Å²) in [5.41, 5.74) is -0.435. The molecule has 110 valence electrons. The zero-order valence-corrected chi connectivity index (χ0v) is 12.9. The lowest BCUT2D eigenvalue weighted by Crippen LogP contribution is -2.45. The van der Waals surface area contributed by atoms with Crippen LogP contribution in [0.5, 0.6) is 0 Å². The van der Waals surface area contributed by atoms with Crippen LogP contribution in [0.2, 0.25) is 0 Å². The van der Waals surface area contributed by atoms with E-state index in [2.05, 4.69) is 26.0 Å². The van der Waals surface area contributed by atoms with E-state index < -0.39 is 20.6 Å². The molecule has 1 heterocycles. The van der Waals surface area contributed by atoms with E-state index in [4.69, 9.17) is 0 Å². The molecular weight excluding hydrogens is 350 g/mol. The first kappa shape index (κ1) is 15.4. The van der Waals surface area contributed by atoms with Gasteiger partial charge in [0.2, 0.25) is 10.0 Å². The van der Waals surface area contributed by atoms with E-state index in [1.54, 1.807) is 0 Å². The standard InChI is InChI=1S/C11H14BrN3O4S/c12-8-3-4-11(10(6-8)15(16)17)20(18,19)14-9-2-1-5-13-7-9/h3-4,6,9,13-14H,1-2,5,7H2. The van der Waals surface area contributed by atoms with Gasteiger partial charge < -0.3 is 5.32 Å². The number of sulfonamides is 1. The molecule has 20 heavy (non-hydrogen) atoms. The molecule has 0 bridgehead atoms. The van der Waals surface area contributed by atoms with Gasteiger partial charge in [-0.2, -0.15) is 0 Å². The molecule has 2 rings (SSSR count). The van der Waals surface area contributed by atoms with Crippen LogP contribution in [-0.2, 0) is 10.0 Å². The molecule has 0 aliphatic carbocycles. The fourth-order valence-corrected chi connectivity index (χ4v) is 3.87. The van der Waals surface area contributed by atoms with Crippen molar-refractivity contribution in [3.63, 3.8) is 0 Å². The fourth-order valence-electron chi connectivity index (χ4n) is 2.10. The Hall–Kier alpha value is -1.03. The minimum atomic E-state index is -3.90. The number of nitrogens with one attached hydrogen (secondary N) is 2. The maximum Gasteiger partial charge on any atom is 0.290 e. The monoisotopic (exact) mass is 363 g/mol. The van der Waals surface area contributed by atoms with Gasteiger partial charge in [0.15, 0.2) is 4.90 Å². The Kier molecular flexibility index (Phi) is 4.74. The summed E-state index contributed by atoms with van der Waals surface area (Å²) in [5.74, 6) is 0. The van der Waals surface area contributed by atoms with Crippen molar-refractivity contribution in [2.75, 3.05) is 13.1 Å². The van der Waals surface area contributed by atoms with Crippen LogP contribution in [0, 0.1) is 10.1 Å².